The summed E-state index contributed by atoms with van der Waals surface area (Å²) in [6, 6.07) is 8.14. The van der Waals surface area contributed by atoms with Gasteiger partial charge in [0.2, 0.25) is 0 Å². The lowest BCUT2D eigenvalue weighted by molar-refractivity contribution is 0.590. The molecule has 0 aliphatic heterocycles. The molecule has 0 bridgehead atoms. The molecular weight excluding hydrogens is 172 g/mol. The first-order valence-electron chi connectivity index (χ1n) is 5.11. The molecule has 0 saturated heterocycles. The molecule has 0 aromatic heterocycles. The molecule has 14 heavy (non-hydrogen) atoms. The van der Waals surface area contributed by atoms with Gasteiger partial charge in [-0.1, -0.05) is 39.8 Å². The van der Waals surface area contributed by atoms with Gasteiger partial charge in [-0.05, 0) is 23.1 Å². The number of hydrogen-bond acceptors (Lipinski definition) is 0. The number of carbonyl (C=O) groups excluding carboxylic acids is 1. The smallest absolute Gasteiger partial charge is 0.278 e. The van der Waals surface area contributed by atoms with Crippen LogP contribution in [0.2, 0.25) is 0 Å². The van der Waals surface area contributed by atoms with Crippen LogP contribution in [0.1, 0.15) is 45.2 Å². The summed E-state index contributed by atoms with van der Waals surface area (Å²) in [7, 11) is 0. The fraction of sp³-hybridized carbons (Fsp3) is 0.462. The Labute approximate surface area is 86.1 Å². The average molecular weight is 191 g/mol. The number of benzene rings is 1. The van der Waals surface area contributed by atoms with Crippen molar-refractivity contribution in [3.63, 3.8) is 0 Å². The summed E-state index contributed by atoms with van der Waals surface area (Å²) < 4.78 is 0. The fourth-order valence-electron chi connectivity index (χ4n) is 1.37. The lowest BCUT2D eigenvalue weighted by Crippen LogP contribution is -2.11. The van der Waals surface area contributed by atoms with Gasteiger partial charge in [0, 0.05) is 0 Å². The molecule has 1 aromatic carbocycles. The number of ketones is 1. The van der Waals surface area contributed by atoms with Gasteiger partial charge < -0.3 is 0 Å². The van der Waals surface area contributed by atoms with Crippen LogP contribution in [-0.2, 0) is 5.41 Å². The second-order valence-corrected chi connectivity index (χ2v) is 4.63. The van der Waals surface area contributed by atoms with Gasteiger partial charge in [0.05, 0.1) is 12.0 Å². The molecule has 0 radical (unpaired) electrons. The van der Waals surface area contributed by atoms with Crippen molar-refractivity contribution >= 4 is 5.78 Å². The third-order valence-corrected chi connectivity index (χ3v) is 2.42. The van der Waals surface area contributed by atoms with E-state index in [0.717, 1.165) is 5.56 Å². The van der Waals surface area contributed by atoms with E-state index in [2.05, 4.69) is 32.9 Å². The van der Waals surface area contributed by atoms with Crippen molar-refractivity contribution in [2.75, 3.05) is 0 Å². The highest BCUT2D eigenvalue weighted by Crippen LogP contribution is 2.22. The highest BCUT2D eigenvalue weighted by molar-refractivity contribution is 5.96. The van der Waals surface area contributed by atoms with E-state index < -0.39 is 0 Å². The van der Waals surface area contributed by atoms with Crippen molar-refractivity contribution in [3.05, 3.63) is 35.4 Å². The summed E-state index contributed by atoms with van der Waals surface area (Å²) in [5.41, 5.74) is 2.41. The average Bonchev–Trinajstić information content (AvgIpc) is 2.15. The largest absolute Gasteiger partial charge is 0.323 e. The molecule has 0 aliphatic carbocycles. The molecule has 1 rings (SSSR count). The summed E-state index contributed by atoms with van der Waals surface area (Å²) in [6.07, 6.45) is 0.689. The lowest BCUT2D eigenvalue weighted by Gasteiger charge is -2.18. The normalized spacial score (nSPS) is 11.4. The monoisotopic (exact) mass is 191 g/mol. The van der Waals surface area contributed by atoms with Gasteiger partial charge in [-0.15, -0.1) is 0 Å². The minimum atomic E-state index is 0.181. The first kappa shape index (κ1) is 11.0. The van der Waals surface area contributed by atoms with Gasteiger partial charge in [-0.2, -0.15) is 0 Å². The third-order valence-electron chi connectivity index (χ3n) is 2.42. The van der Waals surface area contributed by atoms with Crippen LogP contribution in [0.15, 0.2) is 24.3 Å². The summed E-state index contributed by atoms with van der Waals surface area (Å²) in [6.45, 7) is 8.51. The second-order valence-electron chi connectivity index (χ2n) is 4.63. The zero-order valence-corrected chi connectivity index (χ0v) is 9.46. The van der Waals surface area contributed by atoms with E-state index in [1.807, 2.05) is 19.1 Å². The molecule has 1 nitrogen and oxygen atoms in total. The predicted molar refractivity (Wildman–Crippen MR) is 61.5 cm³/mol. The summed E-state index contributed by atoms with van der Waals surface area (Å²) in [4.78, 5) is 9.54. The summed E-state index contributed by atoms with van der Waals surface area (Å²) in [5, 5.41) is 0. The van der Waals surface area contributed by atoms with Crippen molar-refractivity contribution < 1.29 is 4.79 Å². The molecule has 0 aliphatic rings. The van der Waals surface area contributed by atoms with Crippen LogP contribution in [0, 0.1) is 0 Å². The summed E-state index contributed by atoms with van der Waals surface area (Å²) in [5.74, 6) is 0.463. The SMILES string of the molecule is CCC(=[OH+])c1ccc(C(C)(C)C)cc1. The molecule has 0 heterocycles. The molecule has 76 valence electrons. The molecule has 0 unspecified atom stereocenters. The molecular formula is C13H19O+. The van der Waals surface area contributed by atoms with Crippen molar-refractivity contribution in [2.24, 2.45) is 0 Å². The third kappa shape index (κ3) is 2.44. The predicted octanol–water partition coefficient (Wildman–Crippen LogP) is 3.29. The van der Waals surface area contributed by atoms with Crippen LogP contribution in [-0.4, -0.2) is 10.6 Å². The molecule has 0 saturated carbocycles. The summed E-state index contributed by atoms with van der Waals surface area (Å²) >= 11 is 0. The van der Waals surface area contributed by atoms with E-state index in [9.17, 15) is 4.79 Å². The topological polar surface area (TPSA) is 21.4 Å². The Kier molecular flexibility index (Phi) is 3.10. The Morgan fingerprint density at radius 1 is 1.14 bits per heavy atom. The van der Waals surface area contributed by atoms with Crippen LogP contribution >= 0.6 is 0 Å². The van der Waals surface area contributed by atoms with Crippen LogP contribution in [0.3, 0.4) is 0 Å². The van der Waals surface area contributed by atoms with Gasteiger partial charge >= 0.3 is 5.78 Å². The van der Waals surface area contributed by atoms with Crippen LogP contribution in [0.25, 0.3) is 0 Å². The molecule has 0 fully saturated rings. The Morgan fingerprint density at radius 3 is 2.00 bits per heavy atom. The van der Waals surface area contributed by atoms with Crippen molar-refractivity contribution in [1.29, 1.82) is 0 Å². The Morgan fingerprint density at radius 2 is 1.64 bits per heavy atom. The van der Waals surface area contributed by atoms with E-state index in [1.54, 1.807) is 0 Å². The van der Waals surface area contributed by atoms with Gasteiger partial charge in [0.25, 0.3) is 0 Å². The Hall–Kier alpha value is -1.11. The first-order valence-corrected chi connectivity index (χ1v) is 5.11. The number of hydrogen-bond donors (Lipinski definition) is 0. The molecule has 0 atom stereocenters. The van der Waals surface area contributed by atoms with Gasteiger partial charge in [0.15, 0.2) is 0 Å². The zero-order valence-electron chi connectivity index (χ0n) is 9.46. The Bertz CT molecular complexity index is 314. The van der Waals surface area contributed by atoms with Crippen LogP contribution in [0.4, 0.5) is 0 Å². The standard InChI is InChI=1S/C13H18O/c1-5-12(14)10-6-8-11(9-7-10)13(2,3)4/h6-9H,5H2,1-4H3/p+1. The van der Waals surface area contributed by atoms with E-state index >= 15 is 0 Å². The maximum Gasteiger partial charge on any atom is 0.323 e. The quantitative estimate of drug-likeness (QED) is 0.505. The Balaban J connectivity index is 2.95. The van der Waals surface area contributed by atoms with Crippen molar-refractivity contribution in [1.82, 2.24) is 0 Å². The minimum Gasteiger partial charge on any atom is -0.278 e. The van der Waals surface area contributed by atoms with Crippen LogP contribution < -0.4 is 0 Å². The molecule has 0 amide bonds. The molecule has 1 heteroatoms. The van der Waals surface area contributed by atoms with E-state index in [1.165, 1.54) is 5.56 Å². The minimum absolute atomic E-state index is 0.181. The highest BCUT2D eigenvalue weighted by Gasteiger charge is 2.15. The van der Waals surface area contributed by atoms with Crippen LogP contribution in [0.5, 0.6) is 0 Å². The maximum atomic E-state index is 9.54. The first-order chi connectivity index (χ1) is 6.45. The van der Waals surface area contributed by atoms with Gasteiger partial charge in [0.1, 0.15) is 0 Å². The lowest BCUT2D eigenvalue weighted by atomic mass is 9.86. The van der Waals surface area contributed by atoms with Crippen molar-refractivity contribution in [3.8, 4) is 0 Å². The van der Waals surface area contributed by atoms with E-state index in [4.69, 9.17) is 0 Å². The molecule has 1 N–H and O–H groups in total. The highest BCUT2D eigenvalue weighted by atomic mass is 16.1. The number of rotatable bonds is 2. The molecule has 0 spiro atoms. The van der Waals surface area contributed by atoms with Gasteiger partial charge in [-0.25, -0.2) is 0 Å². The van der Waals surface area contributed by atoms with E-state index in [-0.39, 0.29) is 5.41 Å². The van der Waals surface area contributed by atoms with Gasteiger partial charge in [-0.3, -0.25) is 4.79 Å². The van der Waals surface area contributed by atoms with E-state index in [0.29, 0.717) is 12.2 Å². The van der Waals surface area contributed by atoms with Crippen molar-refractivity contribution in [2.45, 2.75) is 39.5 Å². The maximum absolute atomic E-state index is 9.54. The zero-order chi connectivity index (χ0) is 10.8. The fourth-order valence-corrected chi connectivity index (χ4v) is 1.37. The second kappa shape index (κ2) is 3.95. The molecule has 1 aromatic rings.